The summed E-state index contributed by atoms with van der Waals surface area (Å²) in [4.78, 5) is 0. The van der Waals surface area contributed by atoms with E-state index in [-0.39, 0.29) is 0 Å². The van der Waals surface area contributed by atoms with Crippen molar-refractivity contribution >= 4 is 54.3 Å². The Morgan fingerprint density at radius 1 is 0.389 bits per heavy atom. The Labute approximate surface area is 315 Å². The summed E-state index contributed by atoms with van der Waals surface area (Å²) < 4.78 is 6.45. The van der Waals surface area contributed by atoms with Crippen molar-refractivity contribution in [1.82, 2.24) is 0 Å². The van der Waals surface area contributed by atoms with Crippen LogP contribution in [0.25, 0.3) is 87.6 Å². The molecule has 9 aromatic rings. The van der Waals surface area contributed by atoms with Crippen LogP contribution in [0.2, 0.25) is 0 Å². The van der Waals surface area contributed by atoms with Crippen molar-refractivity contribution in [1.29, 1.82) is 0 Å². The van der Waals surface area contributed by atoms with Crippen LogP contribution in [0.3, 0.4) is 0 Å². The van der Waals surface area contributed by atoms with Crippen LogP contribution in [0.15, 0.2) is 150 Å². The second-order valence-corrected chi connectivity index (χ2v) is 17.4. The molecule has 54 heavy (non-hydrogen) atoms. The maximum absolute atomic E-state index is 6.45. The minimum atomic E-state index is 0.360. The molecule has 4 saturated carbocycles. The van der Waals surface area contributed by atoms with Crippen LogP contribution in [0.4, 0.5) is 0 Å². The molecular formula is C53H40O. The first-order valence-electron chi connectivity index (χ1n) is 20.2. The summed E-state index contributed by atoms with van der Waals surface area (Å²) in [5.74, 6) is 3.18. The van der Waals surface area contributed by atoms with E-state index in [1.165, 1.54) is 115 Å². The first kappa shape index (κ1) is 29.8. The average Bonchev–Trinajstić information content (AvgIpc) is 3.75. The lowest BCUT2D eigenvalue weighted by molar-refractivity contribution is -0.0612. The van der Waals surface area contributed by atoms with Crippen molar-refractivity contribution in [2.24, 2.45) is 23.2 Å². The van der Waals surface area contributed by atoms with Gasteiger partial charge in [-0.1, -0.05) is 121 Å². The highest BCUT2D eigenvalue weighted by molar-refractivity contribution is 6.25. The second kappa shape index (κ2) is 10.7. The van der Waals surface area contributed by atoms with Crippen LogP contribution in [0.1, 0.15) is 55.6 Å². The first-order valence-corrected chi connectivity index (χ1v) is 20.2. The summed E-state index contributed by atoms with van der Waals surface area (Å²) >= 11 is 0. The largest absolute Gasteiger partial charge is 0.456 e. The quantitative estimate of drug-likeness (QED) is 0.168. The van der Waals surface area contributed by atoms with Gasteiger partial charge in [0.15, 0.2) is 0 Å². The van der Waals surface area contributed by atoms with Gasteiger partial charge < -0.3 is 4.42 Å². The maximum atomic E-state index is 6.45. The summed E-state index contributed by atoms with van der Waals surface area (Å²) in [6, 6.07) is 55.0. The standard InChI is InChI=1S/C53H40O/c1-2-13-38-35(11-1)45(27-46-51(38)43-18-7-8-19-44(43)52(46)53-28-31-23-32(29-53)25-33(24-31)30-53)50-41-16-5-3-14-39(41)49(40-15-4-6-17-42(40)50)34-21-22-37-36-12-9-10-20-47(36)54-48(37)26-34/h1-22,26-27,31-33,52H,23-25,28-30H2. The Balaban J connectivity index is 1.10. The Kier molecular flexibility index (Phi) is 5.91. The van der Waals surface area contributed by atoms with E-state index in [0.29, 0.717) is 11.3 Å². The zero-order valence-electron chi connectivity index (χ0n) is 30.3. The van der Waals surface area contributed by atoms with E-state index < -0.39 is 0 Å². The van der Waals surface area contributed by atoms with Gasteiger partial charge in [0.05, 0.1) is 0 Å². The Morgan fingerprint density at radius 2 is 0.907 bits per heavy atom. The van der Waals surface area contributed by atoms with E-state index in [2.05, 4.69) is 146 Å². The lowest BCUT2D eigenvalue weighted by Crippen LogP contribution is -2.48. The highest BCUT2D eigenvalue weighted by Crippen LogP contribution is 2.69. The van der Waals surface area contributed by atoms with Crippen molar-refractivity contribution in [3.8, 4) is 33.4 Å². The third kappa shape index (κ3) is 3.95. The van der Waals surface area contributed by atoms with Gasteiger partial charge in [0, 0.05) is 16.7 Å². The van der Waals surface area contributed by atoms with Gasteiger partial charge in [-0.3, -0.25) is 0 Å². The van der Waals surface area contributed by atoms with E-state index in [9.17, 15) is 0 Å². The fourth-order valence-corrected chi connectivity index (χ4v) is 13.1. The van der Waals surface area contributed by atoms with Crippen molar-refractivity contribution in [2.45, 2.75) is 44.4 Å². The molecule has 4 bridgehead atoms. The van der Waals surface area contributed by atoms with E-state index in [1.54, 1.807) is 11.1 Å². The van der Waals surface area contributed by atoms with Gasteiger partial charge in [0.25, 0.3) is 0 Å². The zero-order valence-corrected chi connectivity index (χ0v) is 30.3. The molecule has 1 heterocycles. The summed E-state index contributed by atoms with van der Waals surface area (Å²) in [6.07, 6.45) is 8.60. The Bertz CT molecular complexity index is 2960. The monoisotopic (exact) mass is 692 g/mol. The Morgan fingerprint density at radius 3 is 1.57 bits per heavy atom. The minimum Gasteiger partial charge on any atom is -0.456 e. The number of furan rings is 1. The number of hydrogen-bond acceptors (Lipinski definition) is 1. The summed E-state index contributed by atoms with van der Waals surface area (Å²) in [5, 5.41) is 10.3. The van der Waals surface area contributed by atoms with Gasteiger partial charge in [0.1, 0.15) is 11.2 Å². The van der Waals surface area contributed by atoms with Gasteiger partial charge in [-0.2, -0.15) is 0 Å². The topological polar surface area (TPSA) is 13.1 Å². The SMILES string of the molecule is c1ccc2c(c1)-c1c(cc(-c3c4ccccc4c(-c4ccc5c(c4)oc4ccccc45)c4ccccc34)c3ccccc13)C2C12CC3CC(CC(C3)C1)C2. The number of para-hydroxylation sites is 1. The normalized spacial score (nSPS) is 23.9. The molecule has 0 aliphatic heterocycles. The second-order valence-electron chi connectivity index (χ2n) is 17.4. The van der Waals surface area contributed by atoms with Crippen molar-refractivity contribution in [3.63, 3.8) is 0 Å². The number of rotatable bonds is 3. The first-order chi connectivity index (χ1) is 26.7. The maximum Gasteiger partial charge on any atom is 0.136 e. The van der Waals surface area contributed by atoms with Crippen LogP contribution in [-0.2, 0) is 0 Å². The highest BCUT2D eigenvalue weighted by atomic mass is 16.3. The molecule has 14 rings (SSSR count). The van der Waals surface area contributed by atoms with E-state index in [4.69, 9.17) is 4.42 Å². The molecule has 1 atom stereocenters. The van der Waals surface area contributed by atoms with Crippen LogP contribution in [0, 0.1) is 23.2 Å². The number of fused-ring (bicyclic) bond motifs is 10. The molecule has 0 saturated heterocycles. The molecule has 0 N–H and O–H groups in total. The van der Waals surface area contributed by atoms with Gasteiger partial charge in [-0.25, -0.2) is 0 Å². The van der Waals surface area contributed by atoms with Crippen molar-refractivity contribution in [2.75, 3.05) is 0 Å². The molecule has 5 aliphatic carbocycles. The third-order valence-electron chi connectivity index (χ3n) is 14.5. The molecule has 1 nitrogen and oxygen atoms in total. The third-order valence-corrected chi connectivity index (χ3v) is 14.5. The molecule has 1 aromatic heterocycles. The molecule has 4 fully saturated rings. The van der Waals surface area contributed by atoms with E-state index >= 15 is 0 Å². The van der Waals surface area contributed by atoms with Crippen LogP contribution in [0.5, 0.6) is 0 Å². The average molecular weight is 693 g/mol. The molecule has 1 unspecified atom stereocenters. The fraction of sp³-hybridized carbons (Fsp3) is 0.208. The van der Waals surface area contributed by atoms with Crippen molar-refractivity contribution < 1.29 is 4.42 Å². The lowest BCUT2D eigenvalue weighted by Gasteiger charge is -2.59. The molecular weight excluding hydrogens is 653 g/mol. The molecule has 5 aliphatic rings. The number of hydrogen-bond donors (Lipinski definition) is 0. The molecule has 0 spiro atoms. The molecule has 0 radical (unpaired) electrons. The minimum absolute atomic E-state index is 0.360. The van der Waals surface area contributed by atoms with Crippen LogP contribution >= 0.6 is 0 Å². The van der Waals surface area contributed by atoms with E-state index in [0.717, 1.165) is 28.9 Å². The van der Waals surface area contributed by atoms with Crippen LogP contribution < -0.4 is 0 Å². The van der Waals surface area contributed by atoms with Crippen molar-refractivity contribution in [3.05, 3.63) is 157 Å². The van der Waals surface area contributed by atoms with Gasteiger partial charge in [-0.05, 0) is 163 Å². The van der Waals surface area contributed by atoms with Gasteiger partial charge in [-0.15, -0.1) is 0 Å². The van der Waals surface area contributed by atoms with Gasteiger partial charge >= 0.3 is 0 Å². The summed E-state index contributed by atoms with van der Waals surface area (Å²) in [7, 11) is 0. The van der Waals surface area contributed by atoms with E-state index in [1.807, 2.05) is 0 Å². The smallest absolute Gasteiger partial charge is 0.136 e. The Hall–Kier alpha value is -5.66. The predicted molar refractivity (Wildman–Crippen MR) is 225 cm³/mol. The highest BCUT2D eigenvalue weighted by Gasteiger charge is 2.56. The zero-order chi connectivity index (χ0) is 35.1. The fourth-order valence-electron chi connectivity index (χ4n) is 13.1. The predicted octanol–water partition coefficient (Wildman–Crippen LogP) is 14.7. The lowest BCUT2D eigenvalue weighted by atomic mass is 9.45. The van der Waals surface area contributed by atoms with Gasteiger partial charge in [0.2, 0.25) is 0 Å². The summed E-state index contributed by atoms with van der Waals surface area (Å²) in [6.45, 7) is 0. The molecule has 8 aromatic carbocycles. The molecule has 1 heteroatoms. The summed E-state index contributed by atoms with van der Waals surface area (Å²) in [5.41, 5.74) is 13.6. The van der Waals surface area contributed by atoms with Crippen LogP contribution in [-0.4, -0.2) is 0 Å². The molecule has 258 valence electrons. The number of benzene rings is 8. The molecule has 0 amide bonds.